The monoisotopic (exact) mass is 546 g/mol. The van der Waals surface area contributed by atoms with Gasteiger partial charge < -0.3 is 31.9 Å². The molecule has 1 atom stereocenters. The molecule has 6 rings (SSSR count). The van der Waals surface area contributed by atoms with Crippen LogP contribution in [0.3, 0.4) is 0 Å². The van der Waals surface area contributed by atoms with Crippen molar-refractivity contribution in [2.45, 2.75) is 37.3 Å². The van der Waals surface area contributed by atoms with E-state index in [4.69, 9.17) is 0 Å². The number of aryl methyl sites for hydroxylation is 1. The SMILES string of the molecule is O=C(N[C@H]1C[N+]2(CCCc3ccccc3)CCC1CC2)C(O)(c1cccs1)c1cccs1.[Br-]. The van der Waals surface area contributed by atoms with Crippen LogP contribution < -0.4 is 22.3 Å². The Kier molecular flexibility index (Phi) is 7.76. The van der Waals surface area contributed by atoms with Crippen molar-refractivity contribution in [1.29, 1.82) is 0 Å². The lowest BCUT2D eigenvalue weighted by Gasteiger charge is -2.53. The Labute approximate surface area is 214 Å². The van der Waals surface area contributed by atoms with Crippen LogP contribution in [0.5, 0.6) is 0 Å². The van der Waals surface area contributed by atoms with E-state index >= 15 is 0 Å². The Bertz CT molecular complexity index is 982. The van der Waals surface area contributed by atoms with Crippen LogP contribution in [0.15, 0.2) is 65.4 Å². The molecule has 5 heterocycles. The maximum Gasteiger partial charge on any atom is 0.263 e. The van der Waals surface area contributed by atoms with E-state index in [2.05, 4.69) is 35.6 Å². The van der Waals surface area contributed by atoms with Gasteiger partial charge in [0.2, 0.25) is 5.60 Å². The van der Waals surface area contributed by atoms with Gasteiger partial charge in [-0.05, 0) is 40.8 Å². The summed E-state index contributed by atoms with van der Waals surface area (Å²) >= 11 is 2.87. The number of amides is 1. The molecule has 3 fully saturated rings. The molecule has 3 saturated heterocycles. The molecule has 4 nitrogen and oxygen atoms in total. The number of hydrogen-bond donors (Lipinski definition) is 2. The smallest absolute Gasteiger partial charge is 0.263 e. The largest absolute Gasteiger partial charge is 1.00 e. The Morgan fingerprint density at radius 1 is 1.00 bits per heavy atom. The third-order valence-corrected chi connectivity index (χ3v) is 9.40. The topological polar surface area (TPSA) is 49.3 Å². The number of nitrogens with one attached hydrogen (secondary N) is 1. The number of piperidine rings is 3. The molecule has 3 aromatic rings. The van der Waals surface area contributed by atoms with Crippen molar-refractivity contribution in [1.82, 2.24) is 5.32 Å². The Balaban J connectivity index is 0.00000259. The van der Waals surface area contributed by atoms with Gasteiger partial charge in [-0.3, -0.25) is 4.79 Å². The predicted molar refractivity (Wildman–Crippen MR) is 131 cm³/mol. The average molecular weight is 548 g/mol. The number of benzene rings is 1. The molecular weight excluding hydrogens is 516 g/mol. The first kappa shape index (κ1) is 24.6. The summed E-state index contributed by atoms with van der Waals surface area (Å²) in [6, 6.07) is 18.4. The first-order valence-corrected chi connectivity index (χ1v) is 13.4. The average Bonchev–Trinajstić information content (AvgIpc) is 3.55. The van der Waals surface area contributed by atoms with Crippen molar-refractivity contribution in [2.24, 2.45) is 5.92 Å². The standard InChI is InChI=1S/C26H30N2O2S2.BrH/c29-25(26(30,23-10-5-17-31-23)24-11-6-18-32-24)27-22-19-28(15-12-21(22)13-16-28)14-4-9-20-7-2-1-3-8-20;/h1-3,5-8,10-11,17-18,21-22,30H,4,9,12-16,19H2;1H/t21?,22-,28?;/m0./s1. The molecule has 2 N–H and O–H groups in total. The molecule has 3 aliphatic heterocycles. The Morgan fingerprint density at radius 3 is 2.21 bits per heavy atom. The molecule has 3 aliphatic rings. The molecule has 0 unspecified atom stereocenters. The number of rotatable bonds is 8. The van der Waals surface area contributed by atoms with Gasteiger partial charge in [0, 0.05) is 19.3 Å². The van der Waals surface area contributed by atoms with E-state index in [1.54, 1.807) is 0 Å². The van der Waals surface area contributed by atoms with Crippen molar-refractivity contribution in [3.8, 4) is 0 Å². The van der Waals surface area contributed by atoms with E-state index in [1.807, 2.05) is 35.0 Å². The van der Waals surface area contributed by atoms with E-state index in [9.17, 15) is 9.90 Å². The van der Waals surface area contributed by atoms with Crippen molar-refractivity contribution in [3.05, 3.63) is 80.7 Å². The summed E-state index contributed by atoms with van der Waals surface area (Å²) < 4.78 is 1.10. The highest BCUT2D eigenvalue weighted by molar-refractivity contribution is 7.12. The quantitative estimate of drug-likeness (QED) is 0.420. The lowest BCUT2D eigenvalue weighted by Crippen LogP contribution is -3.00. The van der Waals surface area contributed by atoms with Crippen molar-refractivity contribution in [2.75, 3.05) is 26.2 Å². The second-order valence-electron chi connectivity index (χ2n) is 9.37. The third kappa shape index (κ3) is 4.98. The van der Waals surface area contributed by atoms with Crippen molar-refractivity contribution in [3.63, 3.8) is 0 Å². The summed E-state index contributed by atoms with van der Waals surface area (Å²) in [6.07, 6.45) is 4.60. The molecule has 2 aromatic heterocycles. The van der Waals surface area contributed by atoms with E-state index in [1.165, 1.54) is 47.7 Å². The highest BCUT2D eigenvalue weighted by Gasteiger charge is 2.49. The number of quaternary nitrogens is 1. The predicted octanol–water partition coefficient (Wildman–Crippen LogP) is 1.41. The second-order valence-corrected chi connectivity index (χ2v) is 11.3. The number of thiophene rings is 2. The van der Waals surface area contributed by atoms with Crippen LogP contribution >= 0.6 is 22.7 Å². The molecule has 0 spiro atoms. The van der Waals surface area contributed by atoms with E-state index < -0.39 is 5.60 Å². The number of fused-ring (bicyclic) bond motifs is 3. The fourth-order valence-electron chi connectivity index (χ4n) is 5.62. The summed E-state index contributed by atoms with van der Waals surface area (Å²) in [4.78, 5) is 14.9. The van der Waals surface area contributed by atoms with E-state index in [0.29, 0.717) is 15.7 Å². The molecular formula is C26H31BrN2O2S2. The van der Waals surface area contributed by atoms with Gasteiger partial charge in [-0.2, -0.15) is 0 Å². The number of carbonyl (C=O) groups excluding carboxylic acids is 1. The zero-order valence-electron chi connectivity index (χ0n) is 18.7. The second kappa shape index (κ2) is 10.4. The molecule has 1 aromatic carbocycles. The van der Waals surface area contributed by atoms with Gasteiger partial charge in [-0.1, -0.05) is 42.5 Å². The van der Waals surface area contributed by atoms with Gasteiger partial charge >= 0.3 is 0 Å². The first-order chi connectivity index (χ1) is 15.6. The van der Waals surface area contributed by atoms with Crippen LogP contribution in [0.4, 0.5) is 0 Å². The normalized spacial score (nSPS) is 24.3. The number of aliphatic hydroxyl groups is 1. The lowest BCUT2D eigenvalue weighted by atomic mass is 9.81. The number of halogens is 1. The maximum atomic E-state index is 13.6. The molecule has 7 heteroatoms. The van der Waals surface area contributed by atoms with E-state index in [-0.39, 0.29) is 28.9 Å². The van der Waals surface area contributed by atoms with Crippen LogP contribution in [0.25, 0.3) is 0 Å². The zero-order chi connectivity index (χ0) is 22.0. The summed E-state index contributed by atoms with van der Waals surface area (Å²) in [5, 5.41) is 18.8. The van der Waals surface area contributed by atoms with Crippen LogP contribution in [0.2, 0.25) is 0 Å². The lowest BCUT2D eigenvalue weighted by molar-refractivity contribution is -0.944. The Hall–Kier alpha value is -1.51. The van der Waals surface area contributed by atoms with Gasteiger partial charge in [0.1, 0.15) is 0 Å². The zero-order valence-corrected chi connectivity index (χ0v) is 21.9. The fourth-order valence-corrected chi connectivity index (χ4v) is 7.35. The minimum Gasteiger partial charge on any atom is -1.00 e. The van der Waals surface area contributed by atoms with Gasteiger partial charge in [-0.25, -0.2) is 0 Å². The highest BCUT2D eigenvalue weighted by Crippen LogP contribution is 2.38. The van der Waals surface area contributed by atoms with Crippen LogP contribution in [-0.2, 0) is 16.8 Å². The summed E-state index contributed by atoms with van der Waals surface area (Å²) in [6.45, 7) is 4.57. The highest BCUT2D eigenvalue weighted by atomic mass is 79.9. The molecule has 0 radical (unpaired) electrons. The molecule has 176 valence electrons. The van der Waals surface area contributed by atoms with Crippen LogP contribution in [-0.4, -0.2) is 47.7 Å². The number of nitrogens with zero attached hydrogens (tertiary/aromatic N) is 1. The first-order valence-electron chi connectivity index (χ1n) is 11.6. The molecule has 0 saturated carbocycles. The van der Waals surface area contributed by atoms with Gasteiger partial charge in [0.05, 0.1) is 42.0 Å². The van der Waals surface area contributed by atoms with Gasteiger partial charge in [0.25, 0.3) is 5.91 Å². The molecule has 0 aliphatic carbocycles. The van der Waals surface area contributed by atoms with Crippen molar-refractivity contribution >= 4 is 28.6 Å². The number of hydrogen-bond acceptors (Lipinski definition) is 4. The maximum absolute atomic E-state index is 13.6. The summed E-state index contributed by atoms with van der Waals surface area (Å²) in [7, 11) is 0. The summed E-state index contributed by atoms with van der Waals surface area (Å²) in [5.74, 6) is 0.243. The summed E-state index contributed by atoms with van der Waals surface area (Å²) in [5.41, 5.74) is -0.202. The molecule has 1 amide bonds. The van der Waals surface area contributed by atoms with Crippen LogP contribution in [0, 0.1) is 5.92 Å². The molecule has 33 heavy (non-hydrogen) atoms. The minimum atomic E-state index is -1.60. The van der Waals surface area contributed by atoms with Crippen LogP contribution in [0.1, 0.15) is 34.6 Å². The Morgan fingerprint density at radius 2 is 1.64 bits per heavy atom. The van der Waals surface area contributed by atoms with Gasteiger partial charge in [0.15, 0.2) is 0 Å². The molecule has 2 bridgehead atoms. The third-order valence-electron chi connectivity index (χ3n) is 7.44. The minimum absolute atomic E-state index is 0. The fraction of sp³-hybridized carbons (Fsp3) is 0.423. The number of carbonyl (C=O) groups is 1. The van der Waals surface area contributed by atoms with Gasteiger partial charge in [-0.15, -0.1) is 22.7 Å². The van der Waals surface area contributed by atoms with E-state index in [0.717, 1.165) is 36.8 Å². The van der Waals surface area contributed by atoms with Crippen molar-refractivity contribution < 1.29 is 31.4 Å².